The van der Waals surface area contributed by atoms with Crippen LogP contribution in [-0.4, -0.2) is 40.1 Å². The molecule has 4 aliphatic rings. The van der Waals surface area contributed by atoms with E-state index in [1.54, 1.807) is 0 Å². The number of hydrogen-bond acceptors (Lipinski definition) is 4. The molecule has 0 unspecified atom stereocenters. The quantitative estimate of drug-likeness (QED) is 0.877. The van der Waals surface area contributed by atoms with Crippen LogP contribution < -0.4 is 4.74 Å². The molecule has 1 spiro atoms. The van der Waals surface area contributed by atoms with Crippen molar-refractivity contribution in [3.63, 3.8) is 0 Å². The Balaban J connectivity index is 1.51. The van der Waals surface area contributed by atoms with E-state index in [0.29, 0.717) is 12.8 Å². The number of ether oxygens (including phenoxy) is 1. The molecule has 4 heteroatoms. The average molecular weight is 375 g/mol. The third-order valence-corrected chi connectivity index (χ3v) is 7.81. The highest BCUT2D eigenvalue weighted by molar-refractivity contribution is 5.89. The van der Waals surface area contributed by atoms with Crippen molar-refractivity contribution in [1.82, 2.24) is 4.90 Å². The highest BCUT2D eigenvalue weighted by Crippen LogP contribution is 2.63. The Hall–Kier alpha value is -2.17. The second-order valence-corrected chi connectivity index (χ2v) is 9.03. The van der Waals surface area contributed by atoms with Crippen molar-refractivity contribution in [2.75, 3.05) is 6.54 Å². The molecule has 0 amide bonds. The van der Waals surface area contributed by atoms with Gasteiger partial charge in [-0.1, -0.05) is 42.5 Å². The molecule has 0 aromatic heterocycles. The van der Waals surface area contributed by atoms with E-state index in [-0.39, 0.29) is 11.8 Å². The Bertz CT molecular complexity index is 987. The van der Waals surface area contributed by atoms with Crippen molar-refractivity contribution >= 4 is 5.78 Å². The Labute approximate surface area is 165 Å². The number of carbonyl (C=O) groups is 1. The highest BCUT2D eigenvalue weighted by atomic mass is 16.5. The SMILES string of the molecule is Cc1ccc2c3c1O[C@@H]1C(=O)CC[C@]4(O)[C@H](C2)N(Cc2ccccc2)CC[C@@]314. The number of Topliss-reactive ketones (excluding diaryl/α,β-unsaturated/α-hetero) is 1. The van der Waals surface area contributed by atoms with Crippen molar-refractivity contribution in [3.05, 3.63) is 64.7 Å². The van der Waals surface area contributed by atoms with Gasteiger partial charge in [0, 0.05) is 31.1 Å². The molecule has 1 N–H and O–H groups in total. The molecule has 1 saturated carbocycles. The fourth-order valence-corrected chi connectivity index (χ4v) is 6.57. The van der Waals surface area contributed by atoms with Gasteiger partial charge in [-0.3, -0.25) is 9.69 Å². The monoisotopic (exact) mass is 375 g/mol. The van der Waals surface area contributed by atoms with Crippen LogP contribution in [0.15, 0.2) is 42.5 Å². The van der Waals surface area contributed by atoms with Crippen LogP contribution in [0, 0.1) is 6.92 Å². The van der Waals surface area contributed by atoms with E-state index in [4.69, 9.17) is 4.74 Å². The van der Waals surface area contributed by atoms with Gasteiger partial charge in [0.25, 0.3) is 0 Å². The maximum Gasteiger partial charge on any atom is 0.174 e. The van der Waals surface area contributed by atoms with Crippen LogP contribution >= 0.6 is 0 Å². The van der Waals surface area contributed by atoms with Crippen LogP contribution in [0.1, 0.15) is 41.5 Å². The molecule has 6 rings (SSSR count). The minimum absolute atomic E-state index is 0.0156. The predicted octanol–water partition coefficient (Wildman–Crippen LogP) is 2.92. The zero-order chi connectivity index (χ0) is 19.1. The van der Waals surface area contributed by atoms with Gasteiger partial charge in [0.05, 0.1) is 11.0 Å². The molecule has 2 bridgehead atoms. The Morgan fingerprint density at radius 1 is 1.18 bits per heavy atom. The molecule has 2 aliphatic heterocycles. The summed E-state index contributed by atoms with van der Waals surface area (Å²) in [6.45, 7) is 3.75. The fourth-order valence-electron chi connectivity index (χ4n) is 6.57. The summed E-state index contributed by atoms with van der Waals surface area (Å²) < 4.78 is 6.31. The van der Waals surface area contributed by atoms with Crippen LogP contribution in [0.5, 0.6) is 5.75 Å². The zero-order valence-corrected chi connectivity index (χ0v) is 16.1. The third-order valence-electron chi connectivity index (χ3n) is 7.81. The average Bonchev–Trinajstić information content (AvgIpc) is 3.05. The number of likely N-dealkylation sites (tertiary alicyclic amines) is 1. The minimum Gasteiger partial charge on any atom is -0.481 e. The van der Waals surface area contributed by atoms with Gasteiger partial charge in [-0.15, -0.1) is 0 Å². The van der Waals surface area contributed by atoms with E-state index >= 15 is 0 Å². The summed E-state index contributed by atoms with van der Waals surface area (Å²) in [7, 11) is 0. The molecule has 144 valence electrons. The summed E-state index contributed by atoms with van der Waals surface area (Å²) in [6, 6.07) is 14.8. The maximum atomic E-state index is 12.9. The molecule has 2 aromatic rings. The Kier molecular flexibility index (Phi) is 3.27. The van der Waals surface area contributed by atoms with Crippen molar-refractivity contribution in [2.24, 2.45) is 0 Å². The molecular formula is C24H25NO3. The van der Waals surface area contributed by atoms with Gasteiger partial charge >= 0.3 is 0 Å². The molecule has 2 aliphatic carbocycles. The van der Waals surface area contributed by atoms with E-state index in [9.17, 15) is 9.90 Å². The van der Waals surface area contributed by atoms with Crippen molar-refractivity contribution in [1.29, 1.82) is 0 Å². The summed E-state index contributed by atoms with van der Waals surface area (Å²) >= 11 is 0. The smallest absolute Gasteiger partial charge is 0.174 e. The van der Waals surface area contributed by atoms with E-state index in [1.807, 2.05) is 13.0 Å². The summed E-state index contributed by atoms with van der Waals surface area (Å²) in [6.07, 6.45) is 2.00. The molecule has 0 radical (unpaired) electrons. The summed E-state index contributed by atoms with van der Waals surface area (Å²) in [5.74, 6) is 1.02. The highest BCUT2D eigenvalue weighted by Gasteiger charge is 2.72. The van der Waals surface area contributed by atoms with Gasteiger partial charge in [0.2, 0.25) is 0 Å². The van der Waals surface area contributed by atoms with Crippen LogP contribution in [0.25, 0.3) is 0 Å². The zero-order valence-electron chi connectivity index (χ0n) is 16.1. The first-order chi connectivity index (χ1) is 13.5. The number of benzene rings is 2. The van der Waals surface area contributed by atoms with E-state index in [0.717, 1.165) is 42.8 Å². The van der Waals surface area contributed by atoms with Crippen LogP contribution in [-0.2, 0) is 23.2 Å². The number of aryl methyl sites for hydroxylation is 1. The number of nitrogens with zero attached hydrogens (tertiary/aromatic N) is 1. The number of hydrogen-bond donors (Lipinski definition) is 1. The number of rotatable bonds is 2. The first kappa shape index (κ1) is 16.8. The van der Waals surface area contributed by atoms with Gasteiger partial charge in [0.15, 0.2) is 11.9 Å². The number of piperidine rings is 1. The molecular weight excluding hydrogens is 350 g/mol. The molecule has 2 fully saturated rings. The number of carbonyl (C=O) groups excluding carboxylic acids is 1. The lowest BCUT2D eigenvalue weighted by atomic mass is 9.49. The second kappa shape index (κ2) is 5.46. The van der Waals surface area contributed by atoms with Gasteiger partial charge in [-0.2, -0.15) is 0 Å². The predicted molar refractivity (Wildman–Crippen MR) is 105 cm³/mol. The lowest BCUT2D eigenvalue weighted by Gasteiger charge is -2.62. The first-order valence-electron chi connectivity index (χ1n) is 10.4. The minimum atomic E-state index is -0.912. The molecule has 28 heavy (non-hydrogen) atoms. The molecule has 2 heterocycles. The van der Waals surface area contributed by atoms with Gasteiger partial charge in [-0.05, 0) is 42.9 Å². The molecule has 4 nitrogen and oxygen atoms in total. The Morgan fingerprint density at radius 2 is 2.00 bits per heavy atom. The van der Waals surface area contributed by atoms with Crippen LogP contribution in [0.4, 0.5) is 0 Å². The maximum absolute atomic E-state index is 12.9. The molecule has 1 saturated heterocycles. The third kappa shape index (κ3) is 1.85. The van der Waals surface area contributed by atoms with E-state index in [1.165, 1.54) is 11.1 Å². The lowest BCUT2D eigenvalue weighted by Crippen LogP contribution is -2.76. The van der Waals surface area contributed by atoms with Crippen molar-refractivity contribution < 1.29 is 14.6 Å². The van der Waals surface area contributed by atoms with Crippen molar-refractivity contribution in [2.45, 2.75) is 62.3 Å². The van der Waals surface area contributed by atoms with Crippen molar-refractivity contribution in [3.8, 4) is 5.75 Å². The first-order valence-corrected chi connectivity index (χ1v) is 10.4. The summed E-state index contributed by atoms with van der Waals surface area (Å²) in [4.78, 5) is 15.3. The van der Waals surface area contributed by atoms with E-state index in [2.05, 4.69) is 41.3 Å². The number of aliphatic hydroxyl groups is 1. The fraction of sp³-hybridized carbons (Fsp3) is 0.458. The van der Waals surface area contributed by atoms with Gasteiger partial charge in [-0.25, -0.2) is 0 Å². The van der Waals surface area contributed by atoms with Crippen LogP contribution in [0.2, 0.25) is 0 Å². The Morgan fingerprint density at radius 3 is 2.82 bits per heavy atom. The van der Waals surface area contributed by atoms with E-state index < -0.39 is 17.1 Å². The topological polar surface area (TPSA) is 49.8 Å². The summed E-state index contributed by atoms with van der Waals surface area (Å²) in [5, 5.41) is 12.2. The van der Waals surface area contributed by atoms with Crippen LogP contribution in [0.3, 0.4) is 0 Å². The lowest BCUT2D eigenvalue weighted by molar-refractivity contribution is -0.189. The largest absolute Gasteiger partial charge is 0.481 e. The standard InChI is InChI=1S/C24H25NO3/c1-15-7-8-17-13-19-24(27)10-9-18(26)22-23(24,20(17)21(15)28-22)11-12-25(19)14-16-5-3-2-4-6-16/h2-8,19,22,27H,9-14H2,1H3/t19-,22+,23+,24-/m0/s1. The van der Waals surface area contributed by atoms with Gasteiger partial charge < -0.3 is 9.84 Å². The normalized spacial score (nSPS) is 35.4. The molecule has 2 aromatic carbocycles. The number of ketones is 1. The second-order valence-electron chi connectivity index (χ2n) is 9.03. The van der Waals surface area contributed by atoms with Gasteiger partial charge in [0.1, 0.15) is 5.75 Å². The molecule has 4 atom stereocenters. The summed E-state index contributed by atoms with van der Waals surface area (Å²) in [5.41, 5.74) is 3.25.